The summed E-state index contributed by atoms with van der Waals surface area (Å²) < 4.78 is 9.90. The van der Waals surface area contributed by atoms with Crippen LogP contribution in [-0.2, 0) is 14.3 Å². The lowest BCUT2D eigenvalue weighted by Crippen LogP contribution is -2.37. The Hall–Kier alpha value is -3.62. The first-order chi connectivity index (χ1) is 12.5. The van der Waals surface area contributed by atoms with Crippen LogP contribution in [-0.4, -0.2) is 43.9 Å². The van der Waals surface area contributed by atoms with Crippen molar-refractivity contribution < 1.29 is 28.3 Å². The van der Waals surface area contributed by atoms with Gasteiger partial charge in [-0.25, -0.2) is 4.79 Å². The molecule has 0 fully saturated rings. The molecule has 0 aliphatic rings. The molecule has 1 aromatic carbocycles. The second-order valence-electron chi connectivity index (χ2n) is 5.00. The molecule has 2 rings (SSSR count). The molecule has 3 amide bonds. The molecule has 1 aromatic heterocycles. The maximum atomic E-state index is 12.2. The molecule has 0 spiro atoms. The maximum absolute atomic E-state index is 12.2. The highest BCUT2D eigenvalue weighted by molar-refractivity contribution is 6.06. The molecule has 0 saturated heterocycles. The zero-order chi connectivity index (χ0) is 18.9. The van der Waals surface area contributed by atoms with Gasteiger partial charge in [-0.05, 0) is 24.3 Å². The highest BCUT2D eigenvalue weighted by Crippen LogP contribution is 2.17. The number of nitrogens with one attached hydrogen (secondary N) is 3. The van der Waals surface area contributed by atoms with Crippen molar-refractivity contribution in [2.24, 2.45) is 0 Å². The van der Waals surface area contributed by atoms with E-state index < -0.39 is 24.4 Å². The normalized spacial score (nSPS) is 9.88. The van der Waals surface area contributed by atoms with Crippen LogP contribution in [0.25, 0.3) is 0 Å². The van der Waals surface area contributed by atoms with Crippen molar-refractivity contribution in [3.63, 3.8) is 0 Å². The predicted octanol–water partition coefficient (Wildman–Crippen LogP) is 0.551. The summed E-state index contributed by atoms with van der Waals surface area (Å²) >= 11 is 0. The van der Waals surface area contributed by atoms with E-state index in [2.05, 4.69) is 16.0 Å². The molecule has 0 aliphatic heterocycles. The fourth-order valence-electron chi connectivity index (χ4n) is 1.89. The Morgan fingerprint density at radius 1 is 1.04 bits per heavy atom. The number of carbonyl (C=O) groups excluding carboxylic acids is 4. The van der Waals surface area contributed by atoms with Gasteiger partial charge in [0.1, 0.15) is 0 Å². The second-order valence-corrected chi connectivity index (χ2v) is 5.00. The molecular weight excluding hydrogens is 342 g/mol. The van der Waals surface area contributed by atoms with Gasteiger partial charge in [0.05, 0.1) is 24.1 Å². The fourth-order valence-corrected chi connectivity index (χ4v) is 1.89. The van der Waals surface area contributed by atoms with Gasteiger partial charge < -0.3 is 25.1 Å². The number of para-hydroxylation sites is 1. The first-order valence-corrected chi connectivity index (χ1v) is 7.59. The zero-order valence-corrected chi connectivity index (χ0v) is 13.9. The van der Waals surface area contributed by atoms with Gasteiger partial charge >= 0.3 is 5.97 Å². The van der Waals surface area contributed by atoms with Crippen molar-refractivity contribution in [3.8, 4) is 0 Å². The first kappa shape index (κ1) is 18.7. The minimum atomic E-state index is -0.796. The van der Waals surface area contributed by atoms with Gasteiger partial charge in [-0.1, -0.05) is 12.1 Å². The standard InChI is InChI=1S/C17H17N3O6/c1-18-14(21)9-19-15(22)10-26-17(24)11-5-2-3-6-12(11)20-16(23)13-7-4-8-25-13/h2-8H,9-10H2,1H3,(H,18,21)(H,19,22)(H,20,23). The van der Waals surface area contributed by atoms with Crippen LogP contribution in [0.3, 0.4) is 0 Å². The van der Waals surface area contributed by atoms with Crippen LogP contribution >= 0.6 is 0 Å². The van der Waals surface area contributed by atoms with E-state index in [0.717, 1.165) is 0 Å². The van der Waals surface area contributed by atoms with Crippen molar-refractivity contribution in [1.29, 1.82) is 0 Å². The number of hydrogen-bond acceptors (Lipinski definition) is 6. The number of furan rings is 1. The number of hydrogen-bond donors (Lipinski definition) is 3. The van der Waals surface area contributed by atoms with E-state index in [-0.39, 0.29) is 29.5 Å². The highest BCUT2D eigenvalue weighted by Gasteiger charge is 2.17. The smallest absolute Gasteiger partial charge is 0.340 e. The number of carbonyl (C=O) groups is 4. The van der Waals surface area contributed by atoms with Gasteiger partial charge in [0.2, 0.25) is 5.91 Å². The molecule has 0 bridgehead atoms. The fraction of sp³-hybridized carbons (Fsp3) is 0.176. The molecule has 26 heavy (non-hydrogen) atoms. The maximum Gasteiger partial charge on any atom is 0.340 e. The molecule has 0 unspecified atom stereocenters. The lowest BCUT2D eigenvalue weighted by molar-refractivity contribution is -0.127. The van der Waals surface area contributed by atoms with E-state index in [1.165, 1.54) is 31.5 Å². The summed E-state index contributed by atoms with van der Waals surface area (Å²) in [6, 6.07) is 9.22. The molecule has 0 radical (unpaired) electrons. The predicted molar refractivity (Wildman–Crippen MR) is 90.5 cm³/mol. The van der Waals surface area contributed by atoms with Crippen LogP contribution in [0.1, 0.15) is 20.9 Å². The molecule has 136 valence electrons. The topological polar surface area (TPSA) is 127 Å². The van der Waals surface area contributed by atoms with Crippen molar-refractivity contribution >= 4 is 29.4 Å². The first-order valence-electron chi connectivity index (χ1n) is 7.59. The number of anilines is 1. The van der Waals surface area contributed by atoms with Crippen LogP contribution in [0.2, 0.25) is 0 Å². The Balaban J connectivity index is 1.95. The summed E-state index contributed by atoms with van der Waals surface area (Å²) in [5, 5.41) is 7.18. The van der Waals surface area contributed by atoms with Gasteiger partial charge in [-0.15, -0.1) is 0 Å². The van der Waals surface area contributed by atoms with E-state index in [0.29, 0.717) is 0 Å². The van der Waals surface area contributed by atoms with E-state index >= 15 is 0 Å². The lowest BCUT2D eigenvalue weighted by Gasteiger charge is -2.10. The number of rotatable bonds is 7. The molecular formula is C17H17N3O6. The summed E-state index contributed by atoms with van der Waals surface area (Å²) in [5.74, 6) is -2.24. The monoisotopic (exact) mass is 359 g/mol. The summed E-state index contributed by atoms with van der Waals surface area (Å²) in [7, 11) is 1.43. The van der Waals surface area contributed by atoms with Crippen LogP contribution in [0.5, 0.6) is 0 Å². The molecule has 9 heteroatoms. The summed E-state index contributed by atoms with van der Waals surface area (Å²) in [4.78, 5) is 46.8. The molecule has 0 saturated carbocycles. The third-order valence-corrected chi connectivity index (χ3v) is 3.20. The van der Waals surface area contributed by atoms with Crippen molar-refractivity contribution in [3.05, 3.63) is 54.0 Å². The average molecular weight is 359 g/mol. The summed E-state index contributed by atoms with van der Waals surface area (Å²) in [6.45, 7) is -0.779. The Morgan fingerprint density at radius 2 is 1.81 bits per heavy atom. The molecule has 0 aliphatic carbocycles. The van der Waals surface area contributed by atoms with Crippen LogP contribution in [0, 0.1) is 0 Å². The second kappa shape index (κ2) is 9.02. The minimum Gasteiger partial charge on any atom is -0.459 e. The van der Waals surface area contributed by atoms with E-state index in [1.807, 2.05) is 0 Å². The number of amides is 3. The van der Waals surface area contributed by atoms with Gasteiger partial charge in [-0.3, -0.25) is 14.4 Å². The Morgan fingerprint density at radius 3 is 2.50 bits per heavy atom. The Bertz CT molecular complexity index is 801. The Labute approximate surface area is 148 Å². The van der Waals surface area contributed by atoms with Gasteiger partial charge in [0.15, 0.2) is 12.4 Å². The highest BCUT2D eigenvalue weighted by atomic mass is 16.5. The lowest BCUT2D eigenvalue weighted by atomic mass is 10.1. The number of likely N-dealkylation sites (N-methyl/N-ethyl adjacent to an activating group) is 1. The third kappa shape index (κ3) is 5.20. The Kier molecular flexibility index (Phi) is 6.49. The van der Waals surface area contributed by atoms with Crippen LogP contribution in [0.4, 0.5) is 5.69 Å². The zero-order valence-electron chi connectivity index (χ0n) is 13.9. The SMILES string of the molecule is CNC(=O)CNC(=O)COC(=O)c1ccccc1NC(=O)c1ccco1. The van der Waals surface area contributed by atoms with Crippen molar-refractivity contribution in [1.82, 2.24) is 10.6 Å². The van der Waals surface area contributed by atoms with Gasteiger partial charge in [0.25, 0.3) is 11.8 Å². The summed E-state index contributed by atoms with van der Waals surface area (Å²) in [6.07, 6.45) is 1.35. The van der Waals surface area contributed by atoms with Crippen LogP contribution < -0.4 is 16.0 Å². The molecule has 1 heterocycles. The van der Waals surface area contributed by atoms with E-state index in [1.54, 1.807) is 18.2 Å². The molecule has 9 nitrogen and oxygen atoms in total. The van der Waals surface area contributed by atoms with Crippen molar-refractivity contribution in [2.45, 2.75) is 0 Å². The molecule has 0 atom stereocenters. The van der Waals surface area contributed by atoms with Gasteiger partial charge in [-0.2, -0.15) is 0 Å². The summed E-state index contributed by atoms with van der Waals surface area (Å²) in [5.41, 5.74) is 0.288. The van der Waals surface area contributed by atoms with E-state index in [9.17, 15) is 19.2 Å². The molecule has 2 aromatic rings. The van der Waals surface area contributed by atoms with Crippen molar-refractivity contribution in [2.75, 3.05) is 25.5 Å². The minimum absolute atomic E-state index is 0.0755. The largest absolute Gasteiger partial charge is 0.459 e. The van der Waals surface area contributed by atoms with Gasteiger partial charge in [0, 0.05) is 7.05 Å². The quantitative estimate of drug-likeness (QED) is 0.620. The number of esters is 1. The van der Waals surface area contributed by atoms with Crippen LogP contribution in [0.15, 0.2) is 47.1 Å². The third-order valence-electron chi connectivity index (χ3n) is 3.20. The molecule has 3 N–H and O–H groups in total. The average Bonchev–Trinajstić information content (AvgIpc) is 3.19. The van der Waals surface area contributed by atoms with E-state index in [4.69, 9.17) is 9.15 Å². The number of benzene rings is 1. The number of ether oxygens (including phenoxy) is 1.